The molecule has 4 aliphatic rings. The molecule has 0 aromatic heterocycles. The van der Waals surface area contributed by atoms with Gasteiger partial charge in [0.1, 0.15) is 48.8 Å². The molecule has 0 aromatic carbocycles. The first-order valence-electron chi connectivity index (χ1n) is 16.9. The van der Waals surface area contributed by atoms with Crippen molar-refractivity contribution in [2.75, 3.05) is 32.9 Å². The zero-order valence-corrected chi connectivity index (χ0v) is 33.1. The monoisotopic (exact) mass is 936 g/mol. The number of ether oxygens (including phenoxy) is 6. The lowest BCUT2D eigenvalue weighted by atomic mass is 9.84. The van der Waals surface area contributed by atoms with E-state index in [9.17, 15) is 35.7 Å². The van der Waals surface area contributed by atoms with E-state index in [-0.39, 0.29) is 32.7 Å². The molecule has 1 saturated carbocycles. The fourth-order valence-corrected chi connectivity index (χ4v) is 6.19. The van der Waals surface area contributed by atoms with Crippen LogP contribution < -0.4 is 34.4 Å². The van der Waals surface area contributed by atoms with Crippen molar-refractivity contribution < 1.29 is 117 Å². The van der Waals surface area contributed by atoms with Gasteiger partial charge in [-0.15, -0.1) is 0 Å². The predicted octanol–water partition coefficient (Wildman–Crippen LogP) is -10.6. The van der Waals surface area contributed by atoms with Crippen LogP contribution in [0.25, 0.3) is 0 Å². The molecule has 31 nitrogen and oxygen atoms in total. The molecule has 0 bridgehead atoms. The number of nitrogens with two attached hydrogens (primary N) is 6. The minimum absolute atomic E-state index is 0.0534. The molecular weight excluding hydrogens is 880 g/mol. The normalized spacial score (nSPS) is 41.6. The maximum Gasteiger partial charge on any atom is 0.394 e. The van der Waals surface area contributed by atoms with Crippen LogP contribution >= 0.6 is 0 Å². The highest BCUT2D eigenvalue weighted by atomic mass is 32.3. The summed E-state index contributed by atoms with van der Waals surface area (Å²) in [6, 6.07) is -3.82. The summed E-state index contributed by atoms with van der Waals surface area (Å²) < 4.78 is 130. The molecule has 0 radical (unpaired) electrons. The van der Waals surface area contributed by atoms with E-state index in [2.05, 4.69) is 0 Å². The van der Waals surface area contributed by atoms with E-state index in [4.69, 9.17) is 115 Å². The van der Waals surface area contributed by atoms with Crippen LogP contribution in [0.15, 0.2) is 0 Å². The van der Waals surface area contributed by atoms with E-state index < -0.39 is 154 Å². The van der Waals surface area contributed by atoms with E-state index in [0.29, 0.717) is 0 Å². The fourth-order valence-electron chi connectivity index (χ4n) is 6.19. The summed E-state index contributed by atoms with van der Waals surface area (Å²) in [6.45, 7) is -0.980. The lowest BCUT2D eigenvalue weighted by molar-refractivity contribution is -0.306. The molecule has 0 spiro atoms. The SMILES string of the molecule is NCC1OC(COC[C@@H]2C(O)[C@H](OC3C(O)C(N)CC(N)C3OC3OC(CN)C(O)C(O)C3N)O[C@@H]2CO)C(N)C(O)C1O.O=S(=O)(O)O.O=S(=O)(O)O.O=S(=O)(O)O. The van der Waals surface area contributed by atoms with E-state index in [1.165, 1.54) is 0 Å². The van der Waals surface area contributed by atoms with Crippen molar-refractivity contribution in [2.24, 2.45) is 40.3 Å². The summed E-state index contributed by atoms with van der Waals surface area (Å²) >= 11 is 0. The van der Waals surface area contributed by atoms with Crippen molar-refractivity contribution in [3.8, 4) is 0 Å². The van der Waals surface area contributed by atoms with Gasteiger partial charge >= 0.3 is 31.2 Å². The van der Waals surface area contributed by atoms with Crippen LogP contribution in [0.1, 0.15) is 6.42 Å². The summed E-state index contributed by atoms with van der Waals surface area (Å²) in [6.07, 6.45) is -16.6. The van der Waals surface area contributed by atoms with Gasteiger partial charge in [0, 0.05) is 31.1 Å². The van der Waals surface area contributed by atoms with Gasteiger partial charge < -0.3 is 98.6 Å². The molecule has 3 aliphatic heterocycles. The minimum Gasteiger partial charge on any atom is -0.394 e. The Kier molecular flexibility index (Phi) is 22.8. The molecule has 19 atom stereocenters. The second-order valence-corrected chi connectivity index (χ2v) is 16.0. The Bertz CT molecular complexity index is 1480. The molecule has 0 amide bonds. The van der Waals surface area contributed by atoms with Crippen LogP contribution in [-0.2, 0) is 59.6 Å². The standard InChI is InChI=1S/C25H50N6O13.3H2O4S/c26-2-10-18(35)20(37)14(30)13(40-10)6-39-5-7-12(4-32)42-25(16(7)33)44-23-17(34)8(28)1-9(29)22(23)43-24-15(31)21(38)19(36)11(3-27)41-24;3*1-5(2,3)4/h7-25,32-38H,1-6,26-31H2;3*(H2,1,2,3,4)/t7-,8?,9?,10?,11?,12+,13?,14?,15?,16?,17?,18?,19?,20?,21?,22?,23?,24?,25-;;;/m0.../s1. The van der Waals surface area contributed by atoms with Gasteiger partial charge in [0.05, 0.1) is 56.3 Å². The van der Waals surface area contributed by atoms with Crippen LogP contribution in [-0.4, -0.2) is 231 Å². The van der Waals surface area contributed by atoms with Gasteiger partial charge in [-0.1, -0.05) is 0 Å². The van der Waals surface area contributed by atoms with Gasteiger partial charge in [0.25, 0.3) is 0 Å². The summed E-state index contributed by atoms with van der Waals surface area (Å²) in [5.74, 6) is -0.815. The van der Waals surface area contributed by atoms with Gasteiger partial charge in [-0.3, -0.25) is 27.3 Å². The third-order valence-corrected chi connectivity index (χ3v) is 9.04. The fraction of sp³-hybridized carbons (Fsp3) is 1.00. The van der Waals surface area contributed by atoms with E-state index in [1.807, 2.05) is 0 Å². The Labute approximate surface area is 337 Å². The maximum absolute atomic E-state index is 11.1. The number of hydrogen-bond acceptors (Lipinski definition) is 25. The minimum atomic E-state index is -4.67. The smallest absolute Gasteiger partial charge is 0.394 e. The number of rotatable bonds is 11. The molecule has 25 N–H and O–H groups in total. The number of aliphatic hydroxyl groups is 7. The molecular formula is C25H56N6O25S3. The second kappa shape index (κ2) is 24.1. The first kappa shape index (κ1) is 55.9. The van der Waals surface area contributed by atoms with Crippen LogP contribution in [0.4, 0.5) is 0 Å². The first-order valence-corrected chi connectivity index (χ1v) is 21.1. The quantitative estimate of drug-likeness (QED) is 0.0855. The summed E-state index contributed by atoms with van der Waals surface area (Å²) in [5.41, 5.74) is 35.7. The van der Waals surface area contributed by atoms with E-state index >= 15 is 0 Å². The van der Waals surface area contributed by atoms with Crippen LogP contribution in [0.3, 0.4) is 0 Å². The van der Waals surface area contributed by atoms with E-state index in [1.54, 1.807) is 0 Å². The first-order chi connectivity index (χ1) is 26.8. The zero-order valence-electron chi connectivity index (χ0n) is 30.6. The Morgan fingerprint density at radius 2 is 0.932 bits per heavy atom. The second-order valence-electron chi connectivity index (χ2n) is 13.4. The molecule has 4 fully saturated rings. The van der Waals surface area contributed by atoms with Crippen molar-refractivity contribution in [1.29, 1.82) is 0 Å². The van der Waals surface area contributed by atoms with Gasteiger partial charge in [0.15, 0.2) is 12.6 Å². The van der Waals surface area contributed by atoms with Crippen LogP contribution in [0, 0.1) is 5.92 Å². The molecule has 59 heavy (non-hydrogen) atoms. The Morgan fingerprint density at radius 3 is 1.39 bits per heavy atom. The van der Waals surface area contributed by atoms with Crippen molar-refractivity contribution in [3.63, 3.8) is 0 Å². The molecule has 34 heteroatoms. The average Bonchev–Trinajstić information content (AvgIpc) is 3.39. The van der Waals surface area contributed by atoms with Crippen molar-refractivity contribution >= 4 is 31.2 Å². The number of hydrogen-bond donors (Lipinski definition) is 19. The Morgan fingerprint density at radius 1 is 0.508 bits per heavy atom. The van der Waals surface area contributed by atoms with Gasteiger partial charge in [0.2, 0.25) is 0 Å². The maximum atomic E-state index is 11.1. The highest BCUT2D eigenvalue weighted by molar-refractivity contribution is 7.80. The van der Waals surface area contributed by atoms with Gasteiger partial charge in [-0.05, 0) is 6.42 Å². The number of aliphatic hydroxyl groups excluding tert-OH is 7. The van der Waals surface area contributed by atoms with Crippen molar-refractivity contribution in [2.45, 2.75) is 116 Å². The Hall–Kier alpha value is -1.15. The molecule has 3 heterocycles. The third kappa shape index (κ3) is 19.0. The highest BCUT2D eigenvalue weighted by Crippen LogP contribution is 2.34. The molecule has 4 rings (SSSR count). The molecule has 354 valence electrons. The third-order valence-electron chi connectivity index (χ3n) is 9.04. The highest BCUT2D eigenvalue weighted by Gasteiger charge is 2.52. The lowest BCUT2D eigenvalue weighted by Gasteiger charge is -2.47. The molecule has 1 aliphatic carbocycles. The average molecular weight is 937 g/mol. The lowest BCUT2D eigenvalue weighted by Crippen LogP contribution is -2.68. The largest absolute Gasteiger partial charge is 0.394 e. The summed E-state index contributed by atoms with van der Waals surface area (Å²) in [5, 5.41) is 72.9. The predicted molar refractivity (Wildman–Crippen MR) is 190 cm³/mol. The Balaban J connectivity index is 0.000000990. The van der Waals surface area contributed by atoms with Gasteiger partial charge in [-0.25, -0.2) is 0 Å². The molecule has 0 aromatic rings. The summed E-state index contributed by atoms with van der Waals surface area (Å²) in [4.78, 5) is 0. The van der Waals surface area contributed by atoms with Crippen molar-refractivity contribution in [1.82, 2.24) is 0 Å². The molecule has 3 saturated heterocycles. The summed E-state index contributed by atoms with van der Waals surface area (Å²) in [7, 11) is -14.0. The van der Waals surface area contributed by atoms with E-state index in [0.717, 1.165) is 0 Å². The van der Waals surface area contributed by atoms with Crippen LogP contribution in [0.5, 0.6) is 0 Å². The van der Waals surface area contributed by atoms with Crippen molar-refractivity contribution in [3.05, 3.63) is 0 Å². The zero-order chi connectivity index (χ0) is 46.0. The molecule has 16 unspecified atom stereocenters. The topological polar surface area (TPSA) is 577 Å². The van der Waals surface area contributed by atoms with Gasteiger partial charge in [-0.2, -0.15) is 25.3 Å². The van der Waals surface area contributed by atoms with Crippen LogP contribution in [0.2, 0.25) is 0 Å².